The smallest absolute Gasteiger partial charge is 0.377 e. The normalized spacial score (nSPS) is 25.0. The lowest BCUT2D eigenvalue weighted by Crippen LogP contribution is -2.71. The molecule has 3 unspecified atom stereocenters. The lowest BCUT2D eigenvalue weighted by molar-refractivity contribution is -0.182. The van der Waals surface area contributed by atoms with Gasteiger partial charge in [-0.2, -0.15) is 26.3 Å². The standard InChI is InChI=1S/C75H119ClF6N12O13/c1-14-22-55(64(99)83-40-50-23-18-16-19-24-50)89(10)62(97)38-58(67(102)86(6)7)91(12)69(104)60(39-74(77,78)79)92(13)71(106)73(44-72(4,5)45-73)85-65(100)57-37-51(107-15-2)41-94(57)66(101)54(33-31-48-30-32-52(53(76)35-48)75(80,81)82)84-61(96)42-88(9)68(103)59(36-49-28-26-47(3)27-29-49)93-34-21-17-20-25-56(70(93)105)90(11)63(98)43-87(8)46-95/h17,20,46-60H,14-16,18-19,21-45H2,1-13H3,(H,83,99)(H,84,96)(H,85,100)/b20-17-/t47?,48?,49?,51-,52?,53?,54+,55+,56+,57+,58+,59+,60+/m1/s1. The summed E-state index contributed by atoms with van der Waals surface area (Å²) >= 11 is 6.41. The fraction of sp³-hybridized carbons (Fsp3) is 0.813. The maximum Gasteiger partial charge on any atom is 0.393 e. The van der Waals surface area contributed by atoms with Crippen LogP contribution in [0, 0.1) is 35.0 Å². The molecule has 5 fully saturated rings. The van der Waals surface area contributed by atoms with Crippen molar-refractivity contribution in [3.63, 3.8) is 0 Å². The van der Waals surface area contributed by atoms with Gasteiger partial charge in [0.1, 0.15) is 47.8 Å². The highest BCUT2D eigenvalue weighted by Gasteiger charge is 2.59. The maximum absolute atomic E-state index is 15.6. The van der Waals surface area contributed by atoms with Crippen molar-refractivity contribution in [3.8, 4) is 0 Å². The van der Waals surface area contributed by atoms with Gasteiger partial charge in [0.25, 0.3) is 0 Å². The van der Waals surface area contributed by atoms with Crippen LogP contribution >= 0.6 is 11.6 Å². The summed E-state index contributed by atoms with van der Waals surface area (Å²) in [5, 5.41) is 7.21. The Kier molecular flexibility index (Phi) is 32.7. The van der Waals surface area contributed by atoms with E-state index in [1.807, 2.05) is 13.0 Å². The topological polar surface area (TPSA) is 279 Å². The van der Waals surface area contributed by atoms with E-state index in [0.29, 0.717) is 41.5 Å². The Hall–Kier alpha value is -6.79. The summed E-state index contributed by atoms with van der Waals surface area (Å²) in [6, 6.07) is -10.3. The van der Waals surface area contributed by atoms with Crippen molar-refractivity contribution in [2.75, 3.05) is 95.7 Å². The molecule has 606 valence electrons. The van der Waals surface area contributed by atoms with Crippen LogP contribution in [0.4, 0.5) is 26.3 Å². The zero-order chi connectivity index (χ0) is 79.8. The number of carbonyl (C=O) groups excluding carboxylic acids is 12. The van der Waals surface area contributed by atoms with E-state index >= 15 is 19.2 Å². The first-order valence-corrected chi connectivity index (χ1v) is 38.7. The molecule has 12 amide bonds. The van der Waals surface area contributed by atoms with Crippen LogP contribution in [0.2, 0.25) is 0 Å². The van der Waals surface area contributed by atoms with E-state index in [-0.39, 0.29) is 109 Å². The number of likely N-dealkylation sites (N-methyl/N-ethyl adjacent to an activating group) is 7. The molecule has 6 rings (SSSR count). The number of rotatable bonds is 33. The second kappa shape index (κ2) is 39.2. The van der Waals surface area contributed by atoms with Crippen LogP contribution in [-0.2, 0) is 62.3 Å². The molecule has 2 heterocycles. The van der Waals surface area contributed by atoms with E-state index in [9.17, 15) is 64.7 Å². The summed E-state index contributed by atoms with van der Waals surface area (Å²) in [4.78, 5) is 183. The van der Waals surface area contributed by atoms with Crippen molar-refractivity contribution in [1.82, 2.24) is 60.0 Å². The summed E-state index contributed by atoms with van der Waals surface area (Å²) in [6.07, 6.45) is -0.497. The van der Waals surface area contributed by atoms with Gasteiger partial charge >= 0.3 is 12.4 Å². The molecule has 107 heavy (non-hydrogen) atoms. The number of carbonyl (C=O) groups is 12. The van der Waals surface area contributed by atoms with Crippen molar-refractivity contribution >= 4 is 83.0 Å². The Morgan fingerprint density at radius 3 is 1.96 bits per heavy atom. The highest BCUT2D eigenvalue weighted by Crippen LogP contribution is 2.50. The van der Waals surface area contributed by atoms with Gasteiger partial charge in [0, 0.05) is 94.4 Å². The quantitative estimate of drug-likeness (QED) is 0.0257. The van der Waals surface area contributed by atoms with E-state index in [4.69, 9.17) is 16.3 Å². The summed E-state index contributed by atoms with van der Waals surface area (Å²) < 4.78 is 93.3. The molecule has 2 aliphatic heterocycles. The van der Waals surface area contributed by atoms with Gasteiger partial charge in [-0.15, -0.1) is 11.6 Å². The molecule has 6 aliphatic rings. The molecule has 11 atom stereocenters. The van der Waals surface area contributed by atoms with Crippen LogP contribution in [0.25, 0.3) is 0 Å². The van der Waals surface area contributed by atoms with Crippen LogP contribution < -0.4 is 16.0 Å². The molecule has 0 bridgehead atoms. The number of alkyl halides is 7. The monoisotopic (exact) mass is 1540 g/mol. The van der Waals surface area contributed by atoms with Crippen molar-refractivity contribution in [3.05, 3.63) is 12.2 Å². The van der Waals surface area contributed by atoms with Crippen LogP contribution in [-0.4, -0.2) is 283 Å². The highest BCUT2D eigenvalue weighted by molar-refractivity contribution is 6.21. The molecule has 0 aromatic carbocycles. The van der Waals surface area contributed by atoms with Gasteiger partial charge in [0.15, 0.2) is 0 Å². The van der Waals surface area contributed by atoms with E-state index in [1.165, 1.54) is 57.0 Å². The number of hydrogen-bond acceptors (Lipinski definition) is 13. The third-order valence-corrected chi connectivity index (χ3v) is 23.5. The fourth-order valence-corrected chi connectivity index (χ4v) is 17.4. The van der Waals surface area contributed by atoms with E-state index < -0.39 is 173 Å². The minimum atomic E-state index is -5.13. The first-order chi connectivity index (χ1) is 50.1. The van der Waals surface area contributed by atoms with Crippen molar-refractivity contribution in [1.29, 1.82) is 0 Å². The number of likely N-dealkylation sites (tertiary alicyclic amines) is 1. The molecule has 25 nitrogen and oxygen atoms in total. The fourth-order valence-electron chi connectivity index (χ4n) is 16.9. The molecule has 1 saturated heterocycles. The van der Waals surface area contributed by atoms with Crippen molar-refractivity contribution in [2.24, 2.45) is 35.0 Å². The van der Waals surface area contributed by atoms with E-state index in [1.54, 1.807) is 26.8 Å². The van der Waals surface area contributed by atoms with Crippen LogP contribution in [0.3, 0.4) is 0 Å². The van der Waals surface area contributed by atoms with Gasteiger partial charge < -0.3 is 64.8 Å². The predicted molar refractivity (Wildman–Crippen MR) is 388 cm³/mol. The van der Waals surface area contributed by atoms with E-state index in [0.717, 1.165) is 91.5 Å². The molecule has 0 radical (unpaired) electrons. The number of nitrogens with zero attached hydrogens (tertiary/aromatic N) is 9. The Morgan fingerprint density at radius 1 is 0.738 bits per heavy atom. The second-order valence-corrected chi connectivity index (χ2v) is 32.9. The summed E-state index contributed by atoms with van der Waals surface area (Å²) in [5.41, 5.74) is -2.78. The van der Waals surface area contributed by atoms with Crippen LogP contribution in [0.1, 0.15) is 189 Å². The minimum absolute atomic E-state index is 0.00602. The zero-order valence-corrected chi connectivity index (χ0v) is 65.8. The Morgan fingerprint density at radius 2 is 1.38 bits per heavy atom. The molecule has 0 aromatic rings. The predicted octanol–water partition coefficient (Wildman–Crippen LogP) is 7.06. The van der Waals surface area contributed by atoms with Gasteiger partial charge in [0.2, 0.25) is 71.4 Å². The third kappa shape index (κ3) is 24.4. The molecule has 0 aromatic heterocycles. The molecule has 3 N–H and O–H groups in total. The summed E-state index contributed by atoms with van der Waals surface area (Å²) in [6.45, 7) is 8.41. The molecule has 4 saturated carbocycles. The molecule has 0 spiro atoms. The summed E-state index contributed by atoms with van der Waals surface area (Å²) in [5.74, 6) is -10.4. The first kappa shape index (κ1) is 89.1. The number of hydrogen-bond donors (Lipinski definition) is 3. The van der Waals surface area contributed by atoms with Crippen LogP contribution in [0.15, 0.2) is 12.2 Å². The van der Waals surface area contributed by atoms with Crippen molar-refractivity contribution < 1.29 is 88.6 Å². The van der Waals surface area contributed by atoms with Gasteiger partial charge in [-0.05, 0) is 119 Å². The molecular weight excluding hydrogens is 1430 g/mol. The van der Waals surface area contributed by atoms with Crippen molar-refractivity contribution in [2.45, 2.75) is 260 Å². The highest BCUT2D eigenvalue weighted by atomic mass is 35.5. The largest absolute Gasteiger partial charge is 0.393 e. The SMILES string of the molecule is CCC[C@@H](C(=O)NCC1CCCCC1)N(C)C(=O)C[C@@H](C(=O)N(C)C)N(C)C(=O)[C@H](CC(F)(F)F)N(C)C(=O)C1(NC(=O)[C@@H]2C[C@@H](OCC)CN2C(=O)[C@H](CCC2CCC(C(F)(F)F)C(Cl)C2)NC(=O)CN(C)C(=O)[C@H](CC2CCC(C)CC2)N2CC/C=C\C[C@H](N(C)C(=O)CN(C)C=O)C2=O)CC(C)(C)C1. The average molecular weight is 1550 g/mol. The van der Waals surface area contributed by atoms with Gasteiger partial charge in [-0.3, -0.25) is 57.5 Å². The maximum atomic E-state index is 15.6. The number of amides is 12. The second-order valence-electron chi connectivity index (χ2n) is 32.3. The molecule has 4 aliphatic carbocycles. The van der Waals surface area contributed by atoms with Gasteiger partial charge in [0.05, 0.1) is 38.0 Å². The zero-order valence-electron chi connectivity index (χ0n) is 65.0. The average Bonchev–Trinajstić information content (AvgIpc) is 0.824. The molecular formula is C75H119ClF6N12O13. The van der Waals surface area contributed by atoms with Gasteiger partial charge in [-0.1, -0.05) is 91.2 Å². The lowest BCUT2D eigenvalue weighted by Gasteiger charge is -2.54. The number of halogens is 7. The summed E-state index contributed by atoms with van der Waals surface area (Å²) in [7, 11) is 10.3. The molecule has 32 heteroatoms. The number of ether oxygens (including phenoxy) is 1. The lowest BCUT2D eigenvalue weighted by atomic mass is 9.58. The number of nitrogens with one attached hydrogen (secondary N) is 3. The Labute approximate surface area is 632 Å². The third-order valence-electron chi connectivity index (χ3n) is 23.0. The Balaban J connectivity index is 1.29. The van der Waals surface area contributed by atoms with E-state index in [2.05, 4.69) is 22.9 Å². The van der Waals surface area contributed by atoms with Crippen LogP contribution in [0.5, 0.6) is 0 Å². The van der Waals surface area contributed by atoms with Gasteiger partial charge in [-0.25, -0.2) is 0 Å². The first-order valence-electron chi connectivity index (χ1n) is 38.3. The Bertz CT molecular complexity index is 3120. The minimum Gasteiger partial charge on any atom is -0.377 e.